The van der Waals surface area contributed by atoms with Crippen LogP contribution in [0.15, 0.2) is 42.5 Å². The van der Waals surface area contributed by atoms with Gasteiger partial charge in [0, 0.05) is 17.3 Å². The molecule has 2 rings (SSSR count). The maximum Gasteiger partial charge on any atom is 0.132 e. The predicted molar refractivity (Wildman–Crippen MR) is 80.8 cm³/mol. The van der Waals surface area contributed by atoms with Crippen molar-refractivity contribution in [1.82, 2.24) is 0 Å². The molecular weight excluding hydrogens is 253 g/mol. The maximum atomic E-state index is 14.1. The summed E-state index contributed by atoms with van der Waals surface area (Å²) in [7, 11) is 1.54. The average molecular weight is 273 g/mol. The Morgan fingerprint density at radius 3 is 2.60 bits per heavy atom. The molecule has 2 nitrogen and oxygen atoms in total. The first-order chi connectivity index (χ1) is 9.65. The number of anilines is 1. The Bertz CT molecular complexity index is 583. The average Bonchev–Trinajstić information content (AvgIpc) is 2.47. The summed E-state index contributed by atoms with van der Waals surface area (Å²) in [6.07, 6.45) is 0.945. The highest BCUT2D eigenvalue weighted by atomic mass is 19.1. The van der Waals surface area contributed by atoms with Crippen LogP contribution >= 0.6 is 0 Å². The molecule has 0 amide bonds. The lowest BCUT2D eigenvalue weighted by Crippen LogP contribution is -2.10. The van der Waals surface area contributed by atoms with Gasteiger partial charge < -0.3 is 10.1 Å². The van der Waals surface area contributed by atoms with Crippen LogP contribution in [0.3, 0.4) is 0 Å². The molecule has 0 aliphatic heterocycles. The van der Waals surface area contributed by atoms with E-state index in [1.165, 1.54) is 18.7 Å². The van der Waals surface area contributed by atoms with Crippen LogP contribution in [-0.2, 0) is 6.42 Å². The molecule has 1 N–H and O–H groups in total. The molecule has 20 heavy (non-hydrogen) atoms. The molecule has 0 aliphatic carbocycles. The standard InChI is InChI=1S/C17H20FNO/c1-4-13-7-5-6-8-17(13)19-12(2)15-10-9-14(20-3)11-16(15)18/h5-12,19H,4H2,1-3H3. The van der Waals surface area contributed by atoms with E-state index in [0.717, 1.165) is 12.1 Å². The monoisotopic (exact) mass is 273 g/mol. The Morgan fingerprint density at radius 1 is 1.20 bits per heavy atom. The Labute approximate surface area is 119 Å². The molecule has 2 aromatic rings. The first kappa shape index (κ1) is 14.4. The minimum absolute atomic E-state index is 0.103. The summed E-state index contributed by atoms with van der Waals surface area (Å²) >= 11 is 0. The number of halogens is 1. The third-order valence-electron chi connectivity index (χ3n) is 3.44. The molecule has 0 heterocycles. The summed E-state index contributed by atoms with van der Waals surface area (Å²) in [6, 6.07) is 13.0. The molecule has 0 aromatic heterocycles. The molecule has 1 unspecified atom stereocenters. The number of hydrogen-bond acceptors (Lipinski definition) is 2. The number of hydrogen-bond donors (Lipinski definition) is 1. The minimum Gasteiger partial charge on any atom is -0.497 e. The number of methoxy groups -OCH3 is 1. The van der Waals surface area contributed by atoms with Crippen LogP contribution in [0.4, 0.5) is 10.1 Å². The van der Waals surface area contributed by atoms with Crippen LogP contribution in [0.1, 0.15) is 31.0 Å². The fraction of sp³-hybridized carbons (Fsp3) is 0.294. The van der Waals surface area contributed by atoms with Crippen LogP contribution in [0.5, 0.6) is 5.75 Å². The Kier molecular flexibility index (Phi) is 4.61. The number of benzene rings is 2. The van der Waals surface area contributed by atoms with Gasteiger partial charge in [-0.15, -0.1) is 0 Å². The molecule has 0 aliphatic rings. The van der Waals surface area contributed by atoms with Crippen LogP contribution in [0.2, 0.25) is 0 Å². The third-order valence-corrected chi connectivity index (χ3v) is 3.44. The lowest BCUT2D eigenvalue weighted by atomic mass is 10.1. The van der Waals surface area contributed by atoms with E-state index < -0.39 is 0 Å². The number of para-hydroxylation sites is 1. The summed E-state index contributed by atoms with van der Waals surface area (Å²) in [6.45, 7) is 4.07. The van der Waals surface area contributed by atoms with Gasteiger partial charge in [0.1, 0.15) is 11.6 Å². The second-order valence-electron chi connectivity index (χ2n) is 4.76. The molecule has 0 radical (unpaired) electrons. The smallest absolute Gasteiger partial charge is 0.132 e. The number of rotatable bonds is 5. The van der Waals surface area contributed by atoms with Crippen LogP contribution in [0, 0.1) is 5.82 Å². The lowest BCUT2D eigenvalue weighted by molar-refractivity contribution is 0.410. The molecule has 1 atom stereocenters. The predicted octanol–water partition coefficient (Wildman–Crippen LogP) is 4.57. The van der Waals surface area contributed by atoms with E-state index in [0.29, 0.717) is 11.3 Å². The van der Waals surface area contributed by atoms with E-state index in [1.54, 1.807) is 12.1 Å². The molecule has 0 spiro atoms. The molecule has 106 valence electrons. The van der Waals surface area contributed by atoms with Gasteiger partial charge in [0.15, 0.2) is 0 Å². The number of aryl methyl sites for hydroxylation is 1. The Hall–Kier alpha value is -2.03. The van der Waals surface area contributed by atoms with Gasteiger partial charge >= 0.3 is 0 Å². The van der Waals surface area contributed by atoms with Crippen LogP contribution < -0.4 is 10.1 Å². The molecule has 0 bridgehead atoms. The third kappa shape index (κ3) is 3.10. The van der Waals surface area contributed by atoms with Crippen molar-refractivity contribution in [2.75, 3.05) is 12.4 Å². The van der Waals surface area contributed by atoms with Gasteiger partial charge in [0.05, 0.1) is 13.2 Å². The summed E-state index contributed by atoms with van der Waals surface area (Å²) in [4.78, 5) is 0. The van der Waals surface area contributed by atoms with Gasteiger partial charge in [0.2, 0.25) is 0 Å². The highest BCUT2D eigenvalue weighted by molar-refractivity contribution is 5.52. The van der Waals surface area contributed by atoms with E-state index in [2.05, 4.69) is 18.3 Å². The van der Waals surface area contributed by atoms with Gasteiger partial charge in [-0.05, 0) is 31.0 Å². The second-order valence-corrected chi connectivity index (χ2v) is 4.76. The van der Waals surface area contributed by atoms with Crippen molar-refractivity contribution in [2.24, 2.45) is 0 Å². The summed E-state index contributed by atoms with van der Waals surface area (Å²) in [5, 5.41) is 3.38. The Balaban J connectivity index is 2.21. The number of nitrogens with one attached hydrogen (secondary N) is 1. The first-order valence-electron chi connectivity index (χ1n) is 6.83. The van der Waals surface area contributed by atoms with Crippen molar-refractivity contribution in [3.63, 3.8) is 0 Å². The van der Waals surface area contributed by atoms with Crippen molar-refractivity contribution in [3.8, 4) is 5.75 Å². The fourth-order valence-corrected chi connectivity index (χ4v) is 2.27. The topological polar surface area (TPSA) is 21.3 Å². The zero-order chi connectivity index (χ0) is 14.5. The van der Waals surface area contributed by atoms with Crippen molar-refractivity contribution in [3.05, 3.63) is 59.4 Å². The van der Waals surface area contributed by atoms with Crippen molar-refractivity contribution in [2.45, 2.75) is 26.3 Å². The van der Waals surface area contributed by atoms with Gasteiger partial charge in [-0.1, -0.05) is 31.2 Å². The quantitative estimate of drug-likeness (QED) is 0.861. The molecule has 0 saturated heterocycles. The van der Waals surface area contributed by atoms with Gasteiger partial charge in [-0.25, -0.2) is 4.39 Å². The zero-order valence-electron chi connectivity index (χ0n) is 12.1. The summed E-state index contributed by atoms with van der Waals surface area (Å²) in [5.41, 5.74) is 2.92. The highest BCUT2D eigenvalue weighted by Gasteiger charge is 2.12. The van der Waals surface area contributed by atoms with E-state index in [4.69, 9.17) is 4.74 Å². The Morgan fingerprint density at radius 2 is 1.95 bits per heavy atom. The SMILES string of the molecule is CCc1ccccc1NC(C)c1ccc(OC)cc1F. The molecule has 2 aromatic carbocycles. The van der Waals surface area contributed by atoms with Crippen molar-refractivity contribution < 1.29 is 9.13 Å². The fourth-order valence-electron chi connectivity index (χ4n) is 2.27. The van der Waals surface area contributed by atoms with Crippen LogP contribution in [-0.4, -0.2) is 7.11 Å². The van der Waals surface area contributed by atoms with Gasteiger partial charge in [-0.3, -0.25) is 0 Å². The lowest BCUT2D eigenvalue weighted by Gasteiger charge is -2.19. The largest absolute Gasteiger partial charge is 0.497 e. The molecular formula is C17H20FNO. The van der Waals surface area contributed by atoms with Gasteiger partial charge in [0.25, 0.3) is 0 Å². The summed E-state index contributed by atoms with van der Waals surface area (Å²) in [5.74, 6) is 0.283. The first-order valence-corrected chi connectivity index (χ1v) is 6.83. The van der Waals surface area contributed by atoms with E-state index in [-0.39, 0.29) is 11.9 Å². The minimum atomic E-state index is -0.252. The number of ether oxygens (including phenoxy) is 1. The summed E-state index contributed by atoms with van der Waals surface area (Å²) < 4.78 is 19.1. The molecule has 3 heteroatoms. The van der Waals surface area contributed by atoms with E-state index in [1.807, 2.05) is 25.1 Å². The second kappa shape index (κ2) is 6.42. The van der Waals surface area contributed by atoms with E-state index in [9.17, 15) is 4.39 Å². The van der Waals surface area contributed by atoms with Crippen molar-refractivity contribution >= 4 is 5.69 Å². The normalized spacial score (nSPS) is 12.0. The zero-order valence-corrected chi connectivity index (χ0v) is 12.1. The molecule has 0 fully saturated rings. The van der Waals surface area contributed by atoms with Crippen LogP contribution in [0.25, 0.3) is 0 Å². The van der Waals surface area contributed by atoms with E-state index >= 15 is 0 Å². The van der Waals surface area contributed by atoms with Gasteiger partial charge in [-0.2, -0.15) is 0 Å². The van der Waals surface area contributed by atoms with Crippen molar-refractivity contribution in [1.29, 1.82) is 0 Å². The molecule has 0 saturated carbocycles. The highest BCUT2D eigenvalue weighted by Crippen LogP contribution is 2.26. The maximum absolute atomic E-state index is 14.1.